The first-order valence-electron chi connectivity index (χ1n) is 6.95. The highest BCUT2D eigenvalue weighted by atomic mass is 32.1. The molecule has 21 heavy (non-hydrogen) atoms. The van der Waals surface area contributed by atoms with Gasteiger partial charge in [0.05, 0.1) is 12.8 Å². The Morgan fingerprint density at radius 3 is 2.67 bits per heavy atom. The average Bonchev–Trinajstić information content (AvgIpc) is 2.82. The van der Waals surface area contributed by atoms with Crippen LogP contribution in [0.15, 0.2) is 29.6 Å². The van der Waals surface area contributed by atoms with Gasteiger partial charge in [-0.3, -0.25) is 9.59 Å². The predicted molar refractivity (Wildman–Crippen MR) is 84.6 cm³/mol. The molecule has 0 aliphatic heterocycles. The summed E-state index contributed by atoms with van der Waals surface area (Å²) < 4.78 is 1.17. The molecule has 0 fully saturated rings. The molecule has 0 saturated heterocycles. The first-order chi connectivity index (χ1) is 9.99. The zero-order valence-electron chi connectivity index (χ0n) is 12.2. The van der Waals surface area contributed by atoms with Gasteiger partial charge in [0.15, 0.2) is 0 Å². The number of rotatable bonds is 6. The molecule has 0 atom stereocenters. The zero-order chi connectivity index (χ0) is 15.4. The van der Waals surface area contributed by atoms with E-state index in [-0.39, 0.29) is 24.9 Å². The fourth-order valence-electron chi connectivity index (χ4n) is 2.32. The molecule has 0 saturated carbocycles. The second-order valence-corrected chi connectivity index (χ2v) is 6.17. The number of carboxylic acid groups (broad SMARTS) is 1. The molecular formula is C16H19NO3S. The Hall–Kier alpha value is -1.88. The van der Waals surface area contributed by atoms with Crippen molar-refractivity contribution < 1.29 is 14.7 Å². The van der Waals surface area contributed by atoms with Gasteiger partial charge in [-0.1, -0.05) is 18.2 Å². The minimum atomic E-state index is -0.880. The van der Waals surface area contributed by atoms with Crippen molar-refractivity contribution >= 4 is 33.3 Å². The molecule has 1 aromatic carbocycles. The number of hydrogen-bond donors (Lipinski definition) is 1. The Morgan fingerprint density at radius 1 is 1.29 bits per heavy atom. The molecule has 0 aliphatic rings. The standard InChI is InChI=1S/C16H19NO3S/c1-11(2)17(8-7-16(19)20)15(18)9-12-10-21-14-6-4-3-5-13(12)14/h3-6,10-11H,7-9H2,1-2H3,(H,19,20). The van der Waals surface area contributed by atoms with E-state index >= 15 is 0 Å². The smallest absolute Gasteiger partial charge is 0.305 e. The van der Waals surface area contributed by atoms with Crippen LogP contribution in [0.2, 0.25) is 0 Å². The third-order valence-electron chi connectivity index (χ3n) is 3.41. The number of carbonyl (C=O) groups is 2. The summed E-state index contributed by atoms with van der Waals surface area (Å²) in [5.74, 6) is -0.899. The summed E-state index contributed by atoms with van der Waals surface area (Å²) in [5.41, 5.74) is 1.02. The number of carbonyl (C=O) groups excluding carboxylic acids is 1. The van der Waals surface area contributed by atoms with Gasteiger partial charge in [-0.2, -0.15) is 0 Å². The Morgan fingerprint density at radius 2 is 2.00 bits per heavy atom. The van der Waals surface area contributed by atoms with Gasteiger partial charge >= 0.3 is 5.97 Å². The summed E-state index contributed by atoms with van der Waals surface area (Å²) >= 11 is 1.63. The van der Waals surface area contributed by atoms with E-state index in [0.29, 0.717) is 6.42 Å². The van der Waals surface area contributed by atoms with E-state index in [1.54, 1.807) is 16.2 Å². The highest BCUT2D eigenvalue weighted by molar-refractivity contribution is 7.17. The minimum absolute atomic E-state index is 0.00162. The number of nitrogens with zero attached hydrogens (tertiary/aromatic N) is 1. The van der Waals surface area contributed by atoms with Gasteiger partial charge in [0, 0.05) is 17.3 Å². The summed E-state index contributed by atoms with van der Waals surface area (Å²) in [5, 5.41) is 11.9. The number of benzene rings is 1. The van der Waals surface area contributed by atoms with Crippen molar-refractivity contribution in [1.82, 2.24) is 4.90 Å². The van der Waals surface area contributed by atoms with Gasteiger partial charge in [0.1, 0.15) is 0 Å². The van der Waals surface area contributed by atoms with E-state index in [9.17, 15) is 9.59 Å². The molecule has 4 nitrogen and oxygen atoms in total. The van der Waals surface area contributed by atoms with Crippen molar-refractivity contribution in [3.63, 3.8) is 0 Å². The lowest BCUT2D eigenvalue weighted by Crippen LogP contribution is -2.39. The molecule has 1 N–H and O–H groups in total. The lowest BCUT2D eigenvalue weighted by atomic mass is 10.1. The lowest BCUT2D eigenvalue weighted by molar-refractivity contribution is -0.138. The SMILES string of the molecule is CC(C)N(CCC(=O)O)C(=O)Cc1csc2ccccc12. The monoisotopic (exact) mass is 305 g/mol. The average molecular weight is 305 g/mol. The summed E-state index contributed by atoms with van der Waals surface area (Å²) in [6.45, 7) is 4.07. The van der Waals surface area contributed by atoms with Crippen LogP contribution in [0.25, 0.3) is 10.1 Å². The van der Waals surface area contributed by atoms with Crippen LogP contribution in [-0.4, -0.2) is 34.5 Å². The van der Waals surface area contributed by atoms with Crippen molar-refractivity contribution in [3.8, 4) is 0 Å². The van der Waals surface area contributed by atoms with Crippen LogP contribution >= 0.6 is 11.3 Å². The number of carboxylic acids is 1. The highest BCUT2D eigenvalue weighted by Gasteiger charge is 2.19. The number of hydrogen-bond acceptors (Lipinski definition) is 3. The molecule has 0 bridgehead atoms. The van der Waals surface area contributed by atoms with Crippen LogP contribution < -0.4 is 0 Å². The van der Waals surface area contributed by atoms with Crippen molar-refractivity contribution in [2.24, 2.45) is 0 Å². The number of fused-ring (bicyclic) bond motifs is 1. The van der Waals surface area contributed by atoms with E-state index in [4.69, 9.17) is 5.11 Å². The number of thiophene rings is 1. The van der Waals surface area contributed by atoms with Gasteiger partial charge in [0.2, 0.25) is 5.91 Å². The van der Waals surface area contributed by atoms with Gasteiger partial charge in [0.25, 0.3) is 0 Å². The van der Waals surface area contributed by atoms with Crippen LogP contribution in [0.3, 0.4) is 0 Å². The normalized spacial score (nSPS) is 11.0. The fraction of sp³-hybridized carbons (Fsp3) is 0.375. The van der Waals surface area contributed by atoms with Crippen LogP contribution in [0.1, 0.15) is 25.8 Å². The van der Waals surface area contributed by atoms with Gasteiger partial charge in [-0.15, -0.1) is 11.3 Å². The summed E-state index contributed by atoms with van der Waals surface area (Å²) in [7, 11) is 0. The van der Waals surface area contributed by atoms with Crippen molar-refractivity contribution in [1.29, 1.82) is 0 Å². The Bertz CT molecular complexity index is 648. The van der Waals surface area contributed by atoms with Crippen molar-refractivity contribution in [2.45, 2.75) is 32.7 Å². The first kappa shape index (κ1) is 15.5. The molecule has 2 aromatic rings. The largest absolute Gasteiger partial charge is 0.481 e. The quantitative estimate of drug-likeness (QED) is 0.892. The maximum atomic E-state index is 12.4. The van der Waals surface area contributed by atoms with Gasteiger partial charge < -0.3 is 10.0 Å². The van der Waals surface area contributed by atoms with E-state index < -0.39 is 5.97 Å². The topological polar surface area (TPSA) is 57.6 Å². The molecule has 1 aromatic heterocycles. The maximum absolute atomic E-state index is 12.4. The van der Waals surface area contributed by atoms with Crippen LogP contribution in [0.5, 0.6) is 0 Å². The van der Waals surface area contributed by atoms with Crippen molar-refractivity contribution in [3.05, 3.63) is 35.2 Å². The number of amides is 1. The van der Waals surface area contributed by atoms with E-state index in [0.717, 1.165) is 10.9 Å². The lowest BCUT2D eigenvalue weighted by Gasteiger charge is -2.26. The van der Waals surface area contributed by atoms with Gasteiger partial charge in [-0.25, -0.2) is 0 Å². The van der Waals surface area contributed by atoms with E-state index in [2.05, 4.69) is 0 Å². The molecule has 0 spiro atoms. The van der Waals surface area contributed by atoms with Crippen LogP contribution in [-0.2, 0) is 16.0 Å². The first-order valence-corrected chi connectivity index (χ1v) is 7.83. The minimum Gasteiger partial charge on any atom is -0.481 e. The predicted octanol–water partition coefficient (Wildman–Crippen LogP) is 3.16. The molecule has 112 valence electrons. The Labute approximate surface area is 128 Å². The van der Waals surface area contributed by atoms with Crippen LogP contribution in [0.4, 0.5) is 0 Å². The highest BCUT2D eigenvalue weighted by Crippen LogP contribution is 2.26. The Balaban J connectivity index is 2.12. The molecular weight excluding hydrogens is 286 g/mol. The van der Waals surface area contributed by atoms with E-state index in [1.807, 2.05) is 43.5 Å². The molecule has 2 rings (SSSR count). The summed E-state index contributed by atoms with van der Waals surface area (Å²) in [6.07, 6.45) is 0.302. The second kappa shape index (κ2) is 6.72. The van der Waals surface area contributed by atoms with Gasteiger partial charge in [-0.05, 0) is 36.2 Å². The zero-order valence-corrected chi connectivity index (χ0v) is 13.0. The molecule has 1 heterocycles. The van der Waals surface area contributed by atoms with Crippen LogP contribution in [0, 0.1) is 0 Å². The molecule has 0 aliphatic carbocycles. The maximum Gasteiger partial charge on any atom is 0.305 e. The number of aliphatic carboxylic acids is 1. The Kier molecular flexibility index (Phi) is 4.96. The molecule has 1 amide bonds. The third kappa shape index (κ3) is 3.82. The fourth-order valence-corrected chi connectivity index (χ4v) is 3.28. The molecule has 0 radical (unpaired) electrons. The summed E-state index contributed by atoms with van der Waals surface area (Å²) in [4.78, 5) is 24.8. The molecule has 5 heteroatoms. The summed E-state index contributed by atoms with van der Waals surface area (Å²) in [6, 6.07) is 8.01. The third-order valence-corrected chi connectivity index (χ3v) is 4.43. The molecule has 0 unspecified atom stereocenters. The van der Waals surface area contributed by atoms with Crippen molar-refractivity contribution in [2.75, 3.05) is 6.54 Å². The second-order valence-electron chi connectivity index (χ2n) is 5.26. The van der Waals surface area contributed by atoms with E-state index in [1.165, 1.54) is 4.70 Å².